The molecule has 0 bridgehead atoms. The zero-order valence-electron chi connectivity index (χ0n) is 10.3. The number of hydrogen-bond acceptors (Lipinski definition) is 2. The smallest absolute Gasteiger partial charge is 0.220 e. The van der Waals surface area contributed by atoms with Gasteiger partial charge in [-0.3, -0.25) is 9.78 Å². The third kappa shape index (κ3) is 2.94. The Labute approximate surface area is 107 Å². The van der Waals surface area contributed by atoms with Crippen molar-refractivity contribution >= 4 is 5.91 Å². The Morgan fingerprint density at radius 3 is 2.61 bits per heavy atom. The molecule has 0 saturated carbocycles. The molecule has 92 valence electrons. The van der Waals surface area contributed by atoms with E-state index in [2.05, 4.69) is 11.1 Å². The van der Waals surface area contributed by atoms with Crippen molar-refractivity contribution in [3.8, 4) is 11.1 Å². The van der Waals surface area contributed by atoms with E-state index in [4.69, 9.17) is 5.73 Å². The lowest BCUT2D eigenvalue weighted by Gasteiger charge is -2.09. The Morgan fingerprint density at radius 2 is 1.94 bits per heavy atom. The van der Waals surface area contributed by atoms with Crippen LogP contribution in [0.5, 0.6) is 0 Å². The monoisotopic (exact) mass is 240 g/mol. The first kappa shape index (κ1) is 12.3. The van der Waals surface area contributed by atoms with Crippen LogP contribution in [0.4, 0.5) is 0 Å². The van der Waals surface area contributed by atoms with Crippen LogP contribution in [-0.4, -0.2) is 10.9 Å². The maximum atomic E-state index is 11.1. The fourth-order valence-electron chi connectivity index (χ4n) is 1.88. The summed E-state index contributed by atoms with van der Waals surface area (Å²) in [6.07, 6.45) is 4.22. The molecule has 2 rings (SSSR count). The van der Waals surface area contributed by atoms with E-state index in [-0.39, 0.29) is 11.8 Å². The lowest BCUT2D eigenvalue weighted by molar-refractivity contribution is -0.121. The third-order valence-corrected chi connectivity index (χ3v) is 2.97. The minimum absolute atomic E-state index is 0.141. The summed E-state index contributed by atoms with van der Waals surface area (Å²) < 4.78 is 0. The van der Waals surface area contributed by atoms with Gasteiger partial charge in [-0.1, -0.05) is 31.2 Å². The van der Waals surface area contributed by atoms with Gasteiger partial charge in [-0.05, 0) is 35.2 Å². The van der Waals surface area contributed by atoms with Crippen LogP contribution in [0.15, 0.2) is 48.8 Å². The maximum Gasteiger partial charge on any atom is 0.220 e. The average molecular weight is 240 g/mol. The number of benzene rings is 1. The number of rotatable bonds is 4. The Morgan fingerprint density at radius 1 is 1.22 bits per heavy atom. The molecule has 1 atom stereocenters. The second-order valence-electron chi connectivity index (χ2n) is 4.44. The summed E-state index contributed by atoms with van der Waals surface area (Å²) in [5.41, 5.74) is 8.66. The molecule has 2 aromatic rings. The highest BCUT2D eigenvalue weighted by molar-refractivity contribution is 5.76. The van der Waals surface area contributed by atoms with Crippen molar-refractivity contribution < 1.29 is 4.79 Å². The van der Waals surface area contributed by atoms with Crippen LogP contribution in [-0.2, 0) is 11.2 Å². The molecule has 0 spiro atoms. The standard InChI is InChI=1S/C15H16N2O/c1-11(15(16)18)9-12-3-2-4-14(10-12)13-5-7-17-8-6-13/h2-8,10-11H,9H2,1H3,(H2,16,18). The first-order valence-corrected chi connectivity index (χ1v) is 5.95. The predicted molar refractivity (Wildman–Crippen MR) is 71.7 cm³/mol. The Bertz CT molecular complexity index is 537. The molecule has 0 aliphatic rings. The summed E-state index contributed by atoms with van der Waals surface area (Å²) in [5.74, 6) is -0.401. The number of aromatic nitrogens is 1. The molecule has 18 heavy (non-hydrogen) atoms. The summed E-state index contributed by atoms with van der Waals surface area (Å²) in [6, 6.07) is 12.1. The molecule has 3 nitrogen and oxygen atoms in total. The number of nitrogens with two attached hydrogens (primary N) is 1. The molecular formula is C15H16N2O. The molecule has 0 radical (unpaired) electrons. The van der Waals surface area contributed by atoms with Crippen LogP contribution in [0, 0.1) is 5.92 Å². The Balaban J connectivity index is 2.23. The van der Waals surface area contributed by atoms with Crippen LogP contribution in [0.2, 0.25) is 0 Å². The Kier molecular flexibility index (Phi) is 3.72. The van der Waals surface area contributed by atoms with Crippen molar-refractivity contribution in [1.29, 1.82) is 0 Å². The molecule has 0 fully saturated rings. The Hall–Kier alpha value is -2.16. The van der Waals surface area contributed by atoms with Gasteiger partial charge in [0.1, 0.15) is 0 Å². The minimum atomic E-state index is -0.260. The number of primary amides is 1. The summed E-state index contributed by atoms with van der Waals surface area (Å²) in [5, 5.41) is 0. The van der Waals surface area contributed by atoms with Gasteiger partial charge in [-0.25, -0.2) is 0 Å². The quantitative estimate of drug-likeness (QED) is 0.892. The first-order valence-electron chi connectivity index (χ1n) is 5.95. The van der Waals surface area contributed by atoms with Crippen LogP contribution in [0.3, 0.4) is 0 Å². The molecule has 3 heteroatoms. The van der Waals surface area contributed by atoms with Gasteiger partial charge in [-0.15, -0.1) is 0 Å². The normalized spacial score (nSPS) is 12.1. The van der Waals surface area contributed by atoms with E-state index in [0.717, 1.165) is 16.7 Å². The van der Waals surface area contributed by atoms with E-state index < -0.39 is 0 Å². The number of amides is 1. The summed E-state index contributed by atoms with van der Waals surface area (Å²) in [4.78, 5) is 15.1. The first-order chi connectivity index (χ1) is 8.66. The van der Waals surface area contributed by atoms with Crippen molar-refractivity contribution in [2.24, 2.45) is 11.7 Å². The van der Waals surface area contributed by atoms with E-state index in [9.17, 15) is 4.79 Å². The van der Waals surface area contributed by atoms with Crippen molar-refractivity contribution in [1.82, 2.24) is 4.98 Å². The highest BCUT2D eigenvalue weighted by Crippen LogP contribution is 2.20. The van der Waals surface area contributed by atoms with Gasteiger partial charge in [0.05, 0.1) is 0 Å². The zero-order chi connectivity index (χ0) is 13.0. The van der Waals surface area contributed by atoms with E-state index in [1.165, 1.54) is 0 Å². The molecular weight excluding hydrogens is 224 g/mol. The van der Waals surface area contributed by atoms with E-state index in [1.54, 1.807) is 12.4 Å². The molecule has 0 aliphatic heterocycles. The van der Waals surface area contributed by atoms with Gasteiger partial charge in [0.15, 0.2) is 0 Å². The van der Waals surface area contributed by atoms with E-state index in [1.807, 2.05) is 37.3 Å². The van der Waals surface area contributed by atoms with Crippen LogP contribution in [0.25, 0.3) is 11.1 Å². The topological polar surface area (TPSA) is 56.0 Å². The number of carbonyl (C=O) groups is 1. The second kappa shape index (κ2) is 5.45. The highest BCUT2D eigenvalue weighted by atomic mass is 16.1. The summed E-state index contributed by atoms with van der Waals surface area (Å²) >= 11 is 0. The molecule has 1 aromatic carbocycles. The number of pyridine rings is 1. The number of carbonyl (C=O) groups excluding carboxylic acids is 1. The lowest BCUT2D eigenvalue weighted by Crippen LogP contribution is -2.22. The highest BCUT2D eigenvalue weighted by Gasteiger charge is 2.09. The number of nitrogens with zero attached hydrogens (tertiary/aromatic N) is 1. The largest absolute Gasteiger partial charge is 0.369 e. The van der Waals surface area contributed by atoms with Crippen molar-refractivity contribution in [2.45, 2.75) is 13.3 Å². The van der Waals surface area contributed by atoms with Gasteiger partial charge >= 0.3 is 0 Å². The maximum absolute atomic E-state index is 11.1. The molecule has 1 amide bonds. The fourth-order valence-corrected chi connectivity index (χ4v) is 1.88. The van der Waals surface area contributed by atoms with Crippen LogP contribution >= 0.6 is 0 Å². The van der Waals surface area contributed by atoms with Crippen LogP contribution < -0.4 is 5.73 Å². The third-order valence-electron chi connectivity index (χ3n) is 2.97. The van der Waals surface area contributed by atoms with E-state index in [0.29, 0.717) is 6.42 Å². The van der Waals surface area contributed by atoms with Crippen molar-refractivity contribution in [3.63, 3.8) is 0 Å². The minimum Gasteiger partial charge on any atom is -0.369 e. The summed E-state index contributed by atoms with van der Waals surface area (Å²) in [7, 11) is 0. The van der Waals surface area contributed by atoms with Gasteiger partial charge in [0, 0.05) is 18.3 Å². The average Bonchev–Trinajstić information content (AvgIpc) is 2.40. The number of hydrogen-bond donors (Lipinski definition) is 1. The van der Waals surface area contributed by atoms with E-state index >= 15 is 0 Å². The zero-order valence-corrected chi connectivity index (χ0v) is 10.3. The summed E-state index contributed by atoms with van der Waals surface area (Å²) in [6.45, 7) is 1.85. The SMILES string of the molecule is CC(Cc1cccc(-c2ccncc2)c1)C(N)=O. The lowest BCUT2D eigenvalue weighted by atomic mass is 9.97. The second-order valence-corrected chi connectivity index (χ2v) is 4.44. The van der Waals surface area contributed by atoms with Crippen molar-refractivity contribution in [2.75, 3.05) is 0 Å². The predicted octanol–water partition coefficient (Wildman–Crippen LogP) is 2.41. The fraction of sp³-hybridized carbons (Fsp3) is 0.200. The van der Waals surface area contributed by atoms with Crippen molar-refractivity contribution in [3.05, 3.63) is 54.4 Å². The molecule has 1 aromatic heterocycles. The molecule has 1 unspecified atom stereocenters. The van der Waals surface area contributed by atoms with Gasteiger partial charge in [0.2, 0.25) is 5.91 Å². The molecule has 0 saturated heterocycles. The van der Waals surface area contributed by atoms with Gasteiger partial charge in [0.25, 0.3) is 0 Å². The van der Waals surface area contributed by atoms with Crippen LogP contribution in [0.1, 0.15) is 12.5 Å². The van der Waals surface area contributed by atoms with Gasteiger partial charge < -0.3 is 5.73 Å². The molecule has 2 N–H and O–H groups in total. The molecule has 1 heterocycles. The molecule has 0 aliphatic carbocycles. The van der Waals surface area contributed by atoms with Gasteiger partial charge in [-0.2, -0.15) is 0 Å².